The van der Waals surface area contributed by atoms with Crippen molar-refractivity contribution in [1.82, 2.24) is 10.3 Å². The van der Waals surface area contributed by atoms with E-state index in [1.165, 1.54) is 0 Å². The monoisotopic (exact) mass is 320 g/mol. The summed E-state index contributed by atoms with van der Waals surface area (Å²) in [6.45, 7) is 9.25. The Kier molecular flexibility index (Phi) is 5.46. The van der Waals surface area contributed by atoms with E-state index in [9.17, 15) is 4.79 Å². The third-order valence-corrected chi connectivity index (χ3v) is 3.74. The van der Waals surface area contributed by atoms with Crippen LogP contribution in [0.25, 0.3) is 0 Å². The Morgan fingerprint density at radius 1 is 1.48 bits per heavy atom. The van der Waals surface area contributed by atoms with Crippen LogP contribution in [0.2, 0.25) is 0 Å². The van der Waals surface area contributed by atoms with Crippen molar-refractivity contribution >= 4 is 11.8 Å². The molecule has 1 aliphatic rings. The number of amides is 1. The lowest BCUT2D eigenvalue weighted by Gasteiger charge is -2.35. The predicted octanol–water partition coefficient (Wildman–Crippen LogP) is 2.59. The lowest BCUT2D eigenvalue weighted by Crippen LogP contribution is -2.49. The van der Waals surface area contributed by atoms with Crippen LogP contribution in [-0.2, 0) is 4.74 Å². The number of pyridine rings is 1. The molecular formula is C17H28N4O2. The second-order valence-corrected chi connectivity index (χ2v) is 7.16. The summed E-state index contributed by atoms with van der Waals surface area (Å²) < 4.78 is 5.33. The Labute approximate surface area is 138 Å². The van der Waals surface area contributed by atoms with E-state index in [2.05, 4.69) is 15.2 Å². The van der Waals surface area contributed by atoms with E-state index in [0.29, 0.717) is 0 Å². The quantitative estimate of drug-likeness (QED) is 0.895. The summed E-state index contributed by atoms with van der Waals surface area (Å²) in [4.78, 5) is 18.6. The van der Waals surface area contributed by atoms with Gasteiger partial charge in [-0.3, -0.25) is 4.98 Å². The number of piperidine rings is 1. The fraction of sp³-hybridized carbons (Fsp3) is 0.647. The highest BCUT2D eigenvalue weighted by Gasteiger charge is 2.24. The van der Waals surface area contributed by atoms with Crippen molar-refractivity contribution in [3.05, 3.63) is 24.0 Å². The predicted molar refractivity (Wildman–Crippen MR) is 91.4 cm³/mol. The molecule has 1 aliphatic heterocycles. The van der Waals surface area contributed by atoms with E-state index in [1.807, 2.05) is 46.0 Å². The van der Waals surface area contributed by atoms with Crippen LogP contribution < -0.4 is 16.0 Å². The normalized spacial score (nSPS) is 20.0. The number of nitrogens with zero attached hydrogens (tertiary/aromatic N) is 2. The number of hydrogen-bond donors (Lipinski definition) is 2. The average molecular weight is 320 g/mol. The SMILES string of the molecule is CC(N)c1ccc(N2CCC[C@@H](NC(=O)OC(C)(C)C)C2)cn1. The lowest BCUT2D eigenvalue weighted by atomic mass is 10.1. The van der Waals surface area contributed by atoms with Gasteiger partial charge in [-0.05, 0) is 52.7 Å². The number of anilines is 1. The van der Waals surface area contributed by atoms with E-state index in [-0.39, 0.29) is 18.2 Å². The molecule has 1 aromatic rings. The zero-order chi connectivity index (χ0) is 17.0. The summed E-state index contributed by atoms with van der Waals surface area (Å²) in [5.74, 6) is 0. The number of nitrogens with two attached hydrogens (primary N) is 1. The number of nitrogens with one attached hydrogen (secondary N) is 1. The van der Waals surface area contributed by atoms with Crippen molar-refractivity contribution < 1.29 is 9.53 Å². The van der Waals surface area contributed by atoms with Crippen LogP contribution in [0.3, 0.4) is 0 Å². The van der Waals surface area contributed by atoms with Crippen LogP contribution >= 0.6 is 0 Å². The Bertz CT molecular complexity index is 522. The van der Waals surface area contributed by atoms with Crippen LogP contribution in [0.5, 0.6) is 0 Å². The first-order valence-electron chi connectivity index (χ1n) is 8.20. The van der Waals surface area contributed by atoms with Crippen LogP contribution in [-0.4, -0.2) is 35.8 Å². The zero-order valence-electron chi connectivity index (χ0n) is 14.5. The molecule has 0 saturated carbocycles. The molecular weight excluding hydrogens is 292 g/mol. The van der Waals surface area contributed by atoms with Crippen molar-refractivity contribution in [3.63, 3.8) is 0 Å². The molecule has 1 saturated heterocycles. The fourth-order valence-electron chi connectivity index (χ4n) is 2.66. The molecule has 6 heteroatoms. The maximum absolute atomic E-state index is 11.9. The first kappa shape index (κ1) is 17.5. The van der Waals surface area contributed by atoms with Gasteiger partial charge < -0.3 is 20.7 Å². The second-order valence-electron chi connectivity index (χ2n) is 7.16. The van der Waals surface area contributed by atoms with Crippen LogP contribution in [0.4, 0.5) is 10.5 Å². The van der Waals surface area contributed by atoms with Crippen molar-refractivity contribution in [2.75, 3.05) is 18.0 Å². The molecule has 2 atom stereocenters. The van der Waals surface area contributed by atoms with Gasteiger partial charge in [0.05, 0.1) is 17.6 Å². The number of carbonyl (C=O) groups excluding carboxylic acids is 1. The van der Waals surface area contributed by atoms with Gasteiger partial charge in [0.15, 0.2) is 0 Å². The van der Waals surface area contributed by atoms with E-state index in [1.54, 1.807) is 0 Å². The molecule has 1 unspecified atom stereocenters. The number of hydrogen-bond acceptors (Lipinski definition) is 5. The molecule has 3 N–H and O–H groups in total. The first-order chi connectivity index (χ1) is 10.7. The smallest absolute Gasteiger partial charge is 0.407 e. The van der Waals surface area contributed by atoms with Crippen LogP contribution in [0, 0.1) is 0 Å². The van der Waals surface area contributed by atoms with Gasteiger partial charge in [-0.1, -0.05) is 0 Å². The molecule has 0 aromatic carbocycles. The van der Waals surface area contributed by atoms with E-state index >= 15 is 0 Å². The number of carbonyl (C=O) groups is 1. The molecule has 6 nitrogen and oxygen atoms in total. The van der Waals surface area contributed by atoms with Gasteiger partial charge >= 0.3 is 6.09 Å². The zero-order valence-corrected chi connectivity index (χ0v) is 14.5. The Hall–Kier alpha value is -1.82. The highest BCUT2D eigenvalue weighted by Crippen LogP contribution is 2.20. The number of aromatic nitrogens is 1. The molecule has 23 heavy (non-hydrogen) atoms. The van der Waals surface area contributed by atoms with E-state index < -0.39 is 5.60 Å². The first-order valence-corrected chi connectivity index (χ1v) is 8.20. The van der Waals surface area contributed by atoms with Crippen molar-refractivity contribution in [2.45, 2.75) is 58.2 Å². The number of alkyl carbamates (subject to hydrolysis) is 1. The van der Waals surface area contributed by atoms with Gasteiger partial charge in [-0.2, -0.15) is 0 Å². The Morgan fingerprint density at radius 3 is 2.78 bits per heavy atom. The average Bonchev–Trinajstić information content (AvgIpc) is 2.45. The maximum Gasteiger partial charge on any atom is 0.407 e. The van der Waals surface area contributed by atoms with Crippen LogP contribution in [0.15, 0.2) is 18.3 Å². The summed E-state index contributed by atoms with van der Waals surface area (Å²) >= 11 is 0. The van der Waals surface area contributed by atoms with Gasteiger partial charge in [0, 0.05) is 25.2 Å². The second kappa shape index (κ2) is 7.17. The van der Waals surface area contributed by atoms with Crippen LogP contribution in [0.1, 0.15) is 52.3 Å². The summed E-state index contributed by atoms with van der Waals surface area (Å²) in [7, 11) is 0. The Morgan fingerprint density at radius 2 is 2.22 bits per heavy atom. The van der Waals surface area contributed by atoms with Crippen molar-refractivity contribution in [2.24, 2.45) is 5.73 Å². The van der Waals surface area contributed by atoms with Gasteiger partial charge in [-0.25, -0.2) is 4.79 Å². The van der Waals surface area contributed by atoms with Gasteiger partial charge in [0.1, 0.15) is 5.60 Å². The lowest BCUT2D eigenvalue weighted by molar-refractivity contribution is 0.0500. The molecule has 2 heterocycles. The summed E-state index contributed by atoms with van der Waals surface area (Å²) in [5.41, 5.74) is 7.30. The number of rotatable bonds is 3. The topological polar surface area (TPSA) is 80.5 Å². The maximum atomic E-state index is 11.9. The standard InChI is InChI=1S/C17H28N4O2/c1-12(18)15-8-7-14(10-19-15)21-9-5-6-13(11-21)20-16(22)23-17(2,3)4/h7-8,10,12-13H,5-6,9,11,18H2,1-4H3,(H,20,22)/t12?,13-/m1/s1. The van der Waals surface area contributed by atoms with Crippen molar-refractivity contribution in [3.8, 4) is 0 Å². The molecule has 0 spiro atoms. The third kappa shape index (κ3) is 5.39. The third-order valence-electron chi connectivity index (χ3n) is 3.74. The molecule has 1 aromatic heterocycles. The van der Waals surface area contributed by atoms with Gasteiger partial charge in [0.25, 0.3) is 0 Å². The minimum absolute atomic E-state index is 0.0630. The molecule has 2 rings (SSSR count). The molecule has 1 amide bonds. The highest BCUT2D eigenvalue weighted by atomic mass is 16.6. The molecule has 0 aliphatic carbocycles. The van der Waals surface area contributed by atoms with Gasteiger partial charge in [-0.15, -0.1) is 0 Å². The van der Waals surface area contributed by atoms with E-state index in [4.69, 9.17) is 10.5 Å². The van der Waals surface area contributed by atoms with Gasteiger partial charge in [0.2, 0.25) is 0 Å². The highest BCUT2D eigenvalue weighted by molar-refractivity contribution is 5.68. The molecule has 0 bridgehead atoms. The minimum atomic E-state index is -0.475. The Balaban J connectivity index is 1.94. The minimum Gasteiger partial charge on any atom is -0.444 e. The van der Waals surface area contributed by atoms with E-state index in [0.717, 1.165) is 37.3 Å². The molecule has 0 radical (unpaired) electrons. The molecule has 128 valence electrons. The summed E-state index contributed by atoms with van der Waals surface area (Å²) in [6, 6.07) is 4.03. The summed E-state index contributed by atoms with van der Waals surface area (Å²) in [6.07, 6.45) is 3.49. The molecule has 1 fully saturated rings. The number of ether oxygens (including phenoxy) is 1. The fourth-order valence-corrected chi connectivity index (χ4v) is 2.66. The largest absolute Gasteiger partial charge is 0.444 e. The summed E-state index contributed by atoms with van der Waals surface area (Å²) in [5, 5.41) is 2.96. The van der Waals surface area contributed by atoms with Crippen molar-refractivity contribution in [1.29, 1.82) is 0 Å².